The maximum absolute atomic E-state index is 13.2. The number of nitrogens with one attached hydrogen (secondary N) is 3. The van der Waals surface area contributed by atoms with Crippen molar-refractivity contribution in [2.45, 2.75) is 19.9 Å². The molecule has 2 aromatic heterocycles. The van der Waals surface area contributed by atoms with E-state index in [1.165, 1.54) is 17.0 Å². The van der Waals surface area contributed by atoms with Crippen molar-refractivity contribution in [3.05, 3.63) is 51.9 Å². The fourth-order valence-corrected chi connectivity index (χ4v) is 3.27. The third-order valence-corrected chi connectivity index (χ3v) is 4.63. The monoisotopic (exact) mass is 473 g/mol. The van der Waals surface area contributed by atoms with Crippen LogP contribution in [-0.4, -0.2) is 29.5 Å². The molecule has 1 aromatic carbocycles. The quantitative estimate of drug-likeness (QED) is 0.302. The SMILES string of the molecule is CN=C(NCCc1c[nH]c2cc(F)ccc12)NCc1ncc(C)s1.I. The van der Waals surface area contributed by atoms with E-state index < -0.39 is 0 Å². The molecule has 2 heterocycles. The number of guanidine groups is 1. The summed E-state index contributed by atoms with van der Waals surface area (Å²) in [7, 11) is 1.75. The number of thiazole rings is 1. The number of aromatic amines is 1. The number of aryl methyl sites for hydroxylation is 1. The molecule has 3 N–H and O–H groups in total. The minimum atomic E-state index is -0.226. The van der Waals surface area contributed by atoms with Gasteiger partial charge in [0.1, 0.15) is 10.8 Å². The van der Waals surface area contributed by atoms with Crippen molar-refractivity contribution < 1.29 is 4.39 Å². The average molecular weight is 473 g/mol. The second-order valence-electron chi connectivity index (χ2n) is 5.47. The van der Waals surface area contributed by atoms with E-state index in [4.69, 9.17) is 0 Å². The van der Waals surface area contributed by atoms with Crippen molar-refractivity contribution in [3.63, 3.8) is 0 Å². The summed E-state index contributed by atoms with van der Waals surface area (Å²) >= 11 is 1.67. The van der Waals surface area contributed by atoms with Gasteiger partial charge in [-0.25, -0.2) is 9.37 Å². The topological polar surface area (TPSA) is 65.1 Å². The minimum absolute atomic E-state index is 0. The van der Waals surface area contributed by atoms with Crippen LogP contribution >= 0.6 is 35.3 Å². The van der Waals surface area contributed by atoms with Crippen LogP contribution in [0.25, 0.3) is 10.9 Å². The molecule has 0 bridgehead atoms. The first-order valence-electron chi connectivity index (χ1n) is 7.77. The molecule has 0 saturated heterocycles. The van der Waals surface area contributed by atoms with Gasteiger partial charge in [0.05, 0.1) is 6.54 Å². The third-order valence-electron chi connectivity index (χ3n) is 3.72. The zero-order valence-corrected chi connectivity index (χ0v) is 17.2. The zero-order chi connectivity index (χ0) is 16.9. The lowest BCUT2D eigenvalue weighted by molar-refractivity contribution is 0.629. The van der Waals surface area contributed by atoms with E-state index in [-0.39, 0.29) is 29.8 Å². The van der Waals surface area contributed by atoms with E-state index in [2.05, 4.69) is 25.6 Å². The van der Waals surface area contributed by atoms with E-state index in [1.54, 1.807) is 18.4 Å². The molecule has 0 aliphatic rings. The Bertz CT molecular complexity index is 858. The molecule has 0 saturated carbocycles. The van der Waals surface area contributed by atoms with Crippen LogP contribution in [-0.2, 0) is 13.0 Å². The van der Waals surface area contributed by atoms with Gasteiger partial charge < -0.3 is 15.6 Å². The highest BCUT2D eigenvalue weighted by molar-refractivity contribution is 14.0. The second-order valence-corrected chi connectivity index (χ2v) is 6.79. The summed E-state index contributed by atoms with van der Waals surface area (Å²) in [5.74, 6) is 0.518. The summed E-state index contributed by atoms with van der Waals surface area (Å²) in [6, 6.07) is 4.82. The fraction of sp³-hybridized carbons (Fsp3) is 0.294. The molecule has 0 aliphatic heterocycles. The van der Waals surface area contributed by atoms with Gasteiger partial charge in [-0.1, -0.05) is 0 Å². The van der Waals surface area contributed by atoms with Crippen molar-refractivity contribution >= 4 is 52.2 Å². The first kappa shape index (κ1) is 19.6. The smallest absolute Gasteiger partial charge is 0.191 e. The van der Waals surface area contributed by atoms with Gasteiger partial charge in [-0.3, -0.25) is 4.99 Å². The van der Waals surface area contributed by atoms with Gasteiger partial charge in [0.2, 0.25) is 0 Å². The maximum atomic E-state index is 13.2. The molecule has 134 valence electrons. The first-order valence-corrected chi connectivity index (χ1v) is 8.58. The average Bonchev–Trinajstić information content (AvgIpc) is 3.16. The number of fused-ring (bicyclic) bond motifs is 1. The number of hydrogen-bond donors (Lipinski definition) is 3. The van der Waals surface area contributed by atoms with Gasteiger partial charge in [0, 0.05) is 41.8 Å². The molecule has 5 nitrogen and oxygen atoms in total. The summed E-state index contributed by atoms with van der Waals surface area (Å²) in [6.07, 6.45) is 4.63. The van der Waals surface area contributed by atoms with Crippen LogP contribution < -0.4 is 10.6 Å². The van der Waals surface area contributed by atoms with E-state index in [9.17, 15) is 4.39 Å². The number of rotatable bonds is 5. The van der Waals surface area contributed by atoms with Gasteiger partial charge in [-0.15, -0.1) is 35.3 Å². The number of aromatic nitrogens is 2. The molecule has 0 amide bonds. The summed E-state index contributed by atoms with van der Waals surface area (Å²) in [6.45, 7) is 3.44. The lowest BCUT2D eigenvalue weighted by Gasteiger charge is -2.10. The van der Waals surface area contributed by atoms with Gasteiger partial charge in [-0.05, 0) is 37.1 Å². The molecule has 0 radical (unpaired) electrons. The highest BCUT2D eigenvalue weighted by Crippen LogP contribution is 2.19. The number of halogens is 2. The number of H-pyrrole nitrogens is 1. The van der Waals surface area contributed by atoms with Gasteiger partial charge in [-0.2, -0.15) is 0 Å². The number of nitrogens with zero attached hydrogens (tertiary/aromatic N) is 2. The molecule has 0 aliphatic carbocycles. The molecule has 0 fully saturated rings. The van der Waals surface area contributed by atoms with Crippen LogP contribution in [0.2, 0.25) is 0 Å². The van der Waals surface area contributed by atoms with Crippen LogP contribution in [0, 0.1) is 12.7 Å². The largest absolute Gasteiger partial charge is 0.361 e. The Hall–Kier alpha value is -1.68. The number of benzene rings is 1. The molecule has 0 unspecified atom stereocenters. The van der Waals surface area contributed by atoms with Crippen molar-refractivity contribution in [1.29, 1.82) is 0 Å². The first-order chi connectivity index (χ1) is 11.7. The minimum Gasteiger partial charge on any atom is -0.361 e. The molecule has 3 aromatic rings. The summed E-state index contributed by atoms with van der Waals surface area (Å²) < 4.78 is 13.2. The Balaban J connectivity index is 0.00000225. The highest BCUT2D eigenvalue weighted by Gasteiger charge is 2.06. The Morgan fingerprint density at radius 2 is 2.20 bits per heavy atom. The third kappa shape index (κ3) is 5.15. The highest BCUT2D eigenvalue weighted by atomic mass is 127. The predicted molar refractivity (Wildman–Crippen MR) is 112 cm³/mol. The van der Waals surface area contributed by atoms with Crippen LogP contribution in [0.15, 0.2) is 35.6 Å². The van der Waals surface area contributed by atoms with E-state index >= 15 is 0 Å². The van der Waals surface area contributed by atoms with Crippen LogP contribution in [0.3, 0.4) is 0 Å². The van der Waals surface area contributed by atoms with Crippen LogP contribution in [0.1, 0.15) is 15.4 Å². The van der Waals surface area contributed by atoms with Crippen molar-refractivity contribution in [2.24, 2.45) is 4.99 Å². The lowest BCUT2D eigenvalue weighted by Crippen LogP contribution is -2.37. The van der Waals surface area contributed by atoms with Gasteiger partial charge >= 0.3 is 0 Å². The zero-order valence-electron chi connectivity index (χ0n) is 14.1. The molecule has 25 heavy (non-hydrogen) atoms. The summed E-state index contributed by atoms with van der Waals surface area (Å²) in [5, 5.41) is 8.63. The fourth-order valence-electron chi connectivity index (χ4n) is 2.54. The van der Waals surface area contributed by atoms with Gasteiger partial charge in [0.25, 0.3) is 0 Å². The Kier molecular flexibility index (Phi) is 7.18. The summed E-state index contributed by atoms with van der Waals surface area (Å²) in [5.41, 5.74) is 1.98. The number of aliphatic imine (C=N–C) groups is 1. The van der Waals surface area contributed by atoms with Gasteiger partial charge in [0.15, 0.2) is 5.96 Å². The second kappa shape index (κ2) is 9.14. The predicted octanol–water partition coefficient (Wildman–Crippen LogP) is 3.60. The van der Waals surface area contributed by atoms with Crippen LogP contribution in [0.4, 0.5) is 4.39 Å². The lowest BCUT2D eigenvalue weighted by atomic mass is 10.1. The molecule has 0 spiro atoms. The normalized spacial score (nSPS) is 11.4. The molecular weight excluding hydrogens is 452 g/mol. The molecular formula is C17H21FIN5S. The molecule has 8 heteroatoms. The van der Waals surface area contributed by atoms with Crippen LogP contribution in [0.5, 0.6) is 0 Å². The van der Waals surface area contributed by atoms with Crippen molar-refractivity contribution in [1.82, 2.24) is 20.6 Å². The Labute approximate surface area is 167 Å². The standard InChI is InChI=1S/C17H20FN5S.HI/c1-11-8-22-16(24-11)10-23-17(19-2)20-6-5-12-9-21-15-7-13(18)3-4-14(12)15;/h3-4,7-9,21H,5-6,10H2,1-2H3,(H2,19,20,23);1H. The van der Waals surface area contributed by atoms with Crippen molar-refractivity contribution in [3.8, 4) is 0 Å². The van der Waals surface area contributed by atoms with Crippen molar-refractivity contribution in [2.75, 3.05) is 13.6 Å². The molecule has 0 atom stereocenters. The van der Waals surface area contributed by atoms with E-state index in [0.29, 0.717) is 6.54 Å². The van der Waals surface area contributed by atoms with E-state index in [1.807, 2.05) is 25.4 Å². The number of hydrogen-bond acceptors (Lipinski definition) is 3. The molecule has 3 rings (SSSR count). The Morgan fingerprint density at radius 3 is 2.92 bits per heavy atom. The van der Waals surface area contributed by atoms with E-state index in [0.717, 1.165) is 40.4 Å². The maximum Gasteiger partial charge on any atom is 0.191 e. The Morgan fingerprint density at radius 1 is 1.36 bits per heavy atom. The summed E-state index contributed by atoms with van der Waals surface area (Å²) in [4.78, 5) is 12.8.